The average Bonchev–Trinajstić information content (AvgIpc) is 2.37. The third-order valence-corrected chi connectivity index (χ3v) is 3.19. The predicted molar refractivity (Wildman–Crippen MR) is 81.5 cm³/mol. The Bertz CT molecular complexity index is 410. The number of aryl methyl sites for hydroxylation is 1. The second kappa shape index (κ2) is 9.07. The number of anilines is 1. The molecule has 0 bridgehead atoms. The number of methoxy groups -OCH3 is 1. The first-order valence-electron chi connectivity index (χ1n) is 6.39. The van der Waals surface area contributed by atoms with E-state index in [1.165, 1.54) is 0 Å². The summed E-state index contributed by atoms with van der Waals surface area (Å²) in [5.41, 5.74) is 1.92. The van der Waals surface area contributed by atoms with Crippen LogP contribution in [0.2, 0.25) is 0 Å². The van der Waals surface area contributed by atoms with Gasteiger partial charge in [0.2, 0.25) is 5.91 Å². The lowest BCUT2D eigenvalue weighted by atomic mass is 10.2. The average molecular weight is 329 g/mol. The maximum absolute atomic E-state index is 11.8. The van der Waals surface area contributed by atoms with Gasteiger partial charge >= 0.3 is 0 Å². The fraction of sp³-hybridized carbons (Fsp3) is 0.500. The highest BCUT2D eigenvalue weighted by Crippen LogP contribution is 2.19. The lowest BCUT2D eigenvalue weighted by molar-refractivity contribution is -0.116. The van der Waals surface area contributed by atoms with Crippen molar-refractivity contribution in [1.29, 1.82) is 0 Å². The first-order valence-corrected chi connectivity index (χ1v) is 7.18. The van der Waals surface area contributed by atoms with E-state index in [1.54, 1.807) is 7.11 Å². The zero-order chi connectivity index (χ0) is 14.1. The third-order valence-electron chi connectivity index (χ3n) is 2.69. The molecule has 0 aliphatic rings. The number of halogens is 1. The summed E-state index contributed by atoms with van der Waals surface area (Å²) < 4.78 is 5.96. The van der Waals surface area contributed by atoms with Crippen molar-refractivity contribution in [3.63, 3.8) is 0 Å². The number of ether oxygens (including phenoxy) is 1. The summed E-state index contributed by atoms with van der Waals surface area (Å²) in [6.07, 6.45) is 1.44. The molecule has 106 valence electrons. The summed E-state index contributed by atoms with van der Waals surface area (Å²) in [6.45, 7) is 4.28. The quantitative estimate of drug-likeness (QED) is 0.721. The van der Waals surface area contributed by atoms with Gasteiger partial charge in [-0.25, -0.2) is 0 Å². The lowest BCUT2D eigenvalue weighted by Gasteiger charge is -2.09. The second-order valence-electron chi connectivity index (χ2n) is 4.35. The third kappa shape index (κ3) is 6.71. The molecule has 19 heavy (non-hydrogen) atoms. The van der Waals surface area contributed by atoms with Gasteiger partial charge in [0, 0.05) is 36.8 Å². The normalized spacial score (nSPS) is 10.5. The Morgan fingerprint density at radius 2 is 2.16 bits per heavy atom. The minimum absolute atomic E-state index is 0.0321. The van der Waals surface area contributed by atoms with E-state index in [0.29, 0.717) is 13.0 Å². The van der Waals surface area contributed by atoms with E-state index in [2.05, 4.69) is 26.6 Å². The number of carbonyl (C=O) groups excluding carboxylic acids is 1. The van der Waals surface area contributed by atoms with Crippen LogP contribution in [0.5, 0.6) is 0 Å². The summed E-state index contributed by atoms with van der Waals surface area (Å²) in [7, 11) is 1.69. The summed E-state index contributed by atoms with van der Waals surface area (Å²) >= 11 is 3.40. The van der Waals surface area contributed by atoms with E-state index < -0.39 is 0 Å². The molecule has 0 fully saturated rings. The van der Waals surface area contributed by atoms with Gasteiger partial charge in [0.25, 0.3) is 0 Å². The van der Waals surface area contributed by atoms with Gasteiger partial charge in [-0.1, -0.05) is 15.9 Å². The van der Waals surface area contributed by atoms with E-state index in [0.717, 1.165) is 35.3 Å². The largest absolute Gasteiger partial charge is 0.385 e. The van der Waals surface area contributed by atoms with E-state index in [-0.39, 0.29) is 5.91 Å². The Morgan fingerprint density at radius 3 is 2.84 bits per heavy atom. The fourth-order valence-electron chi connectivity index (χ4n) is 1.65. The van der Waals surface area contributed by atoms with E-state index >= 15 is 0 Å². The molecule has 5 heteroatoms. The molecular weight excluding hydrogens is 308 g/mol. The minimum Gasteiger partial charge on any atom is -0.385 e. The molecule has 0 saturated carbocycles. The SMILES string of the molecule is COCCCNCCC(=O)Nc1ccc(Br)cc1C. The number of amides is 1. The molecule has 1 amide bonds. The lowest BCUT2D eigenvalue weighted by Crippen LogP contribution is -2.23. The van der Waals surface area contributed by atoms with Crippen molar-refractivity contribution in [3.8, 4) is 0 Å². The van der Waals surface area contributed by atoms with Gasteiger partial charge in [0.1, 0.15) is 0 Å². The van der Waals surface area contributed by atoms with Crippen LogP contribution < -0.4 is 10.6 Å². The Hall–Kier alpha value is -0.910. The second-order valence-corrected chi connectivity index (χ2v) is 5.27. The zero-order valence-electron chi connectivity index (χ0n) is 11.5. The molecule has 1 aromatic carbocycles. The van der Waals surface area contributed by atoms with Crippen LogP contribution in [0.4, 0.5) is 5.69 Å². The maximum Gasteiger partial charge on any atom is 0.225 e. The van der Waals surface area contributed by atoms with Crippen LogP contribution in [0, 0.1) is 6.92 Å². The van der Waals surface area contributed by atoms with Gasteiger partial charge in [-0.2, -0.15) is 0 Å². The molecule has 0 spiro atoms. The molecule has 0 atom stereocenters. The molecule has 0 aromatic heterocycles. The molecule has 0 radical (unpaired) electrons. The molecule has 0 unspecified atom stereocenters. The van der Waals surface area contributed by atoms with Gasteiger partial charge in [-0.05, 0) is 43.7 Å². The van der Waals surface area contributed by atoms with Crippen molar-refractivity contribution in [1.82, 2.24) is 5.32 Å². The van der Waals surface area contributed by atoms with Crippen LogP contribution in [0.1, 0.15) is 18.4 Å². The van der Waals surface area contributed by atoms with Crippen molar-refractivity contribution in [3.05, 3.63) is 28.2 Å². The smallest absolute Gasteiger partial charge is 0.225 e. The highest BCUT2D eigenvalue weighted by Gasteiger charge is 2.04. The van der Waals surface area contributed by atoms with Gasteiger partial charge in [-0.15, -0.1) is 0 Å². The number of rotatable bonds is 8. The molecule has 1 aromatic rings. The van der Waals surface area contributed by atoms with Gasteiger partial charge in [-0.3, -0.25) is 4.79 Å². The summed E-state index contributed by atoms with van der Waals surface area (Å²) in [4.78, 5) is 11.8. The fourth-order valence-corrected chi connectivity index (χ4v) is 2.12. The van der Waals surface area contributed by atoms with E-state index in [4.69, 9.17) is 4.74 Å². The highest BCUT2D eigenvalue weighted by molar-refractivity contribution is 9.10. The number of benzene rings is 1. The van der Waals surface area contributed by atoms with Crippen molar-refractivity contribution >= 4 is 27.5 Å². The summed E-state index contributed by atoms with van der Waals surface area (Å²) in [5, 5.41) is 6.13. The first kappa shape index (κ1) is 16.1. The van der Waals surface area contributed by atoms with Gasteiger partial charge in [0.15, 0.2) is 0 Å². The molecule has 4 nitrogen and oxygen atoms in total. The molecular formula is C14H21BrN2O2. The number of hydrogen-bond acceptors (Lipinski definition) is 3. The Labute approximate surface area is 123 Å². The Morgan fingerprint density at radius 1 is 1.37 bits per heavy atom. The van der Waals surface area contributed by atoms with Crippen LogP contribution in [0.3, 0.4) is 0 Å². The van der Waals surface area contributed by atoms with Crippen molar-refractivity contribution in [2.45, 2.75) is 19.8 Å². The topological polar surface area (TPSA) is 50.4 Å². The van der Waals surface area contributed by atoms with Crippen LogP contribution in [-0.4, -0.2) is 32.7 Å². The number of nitrogens with one attached hydrogen (secondary N) is 2. The number of hydrogen-bond donors (Lipinski definition) is 2. The number of carbonyl (C=O) groups is 1. The van der Waals surface area contributed by atoms with Crippen LogP contribution in [0.15, 0.2) is 22.7 Å². The Balaban J connectivity index is 2.23. The van der Waals surface area contributed by atoms with Crippen molar-refractivity contribution < 1.29 is 9.53 Å². The predicted octanol–water partition coefficient (Wildman–Crippen LogP) is 2.71. The molecule has 0 saturated heterocycles. The minimum atomic E-state index is 0.0321. The van der Waals surface area contributed by atoms with Crippen LogP contribution in [0.25, 0.3) is 0 Å². The van der Waals surface area contributed by atoms with Gasteiger partial charge < -0.3 is 15.4 Å². The molecule has 0 aliphatic carbocycles. The van der Waals surface area contributed by atoms with Crippen LogP contribution in [-0.2, 0) is 9.53 Å². The zero-order valence-corrected chi connectivity index (χ0v) is 13.0. The van der Waals surface area contributed by atoms with E-state index in [1.807, 2.05) is 25.1 Å². The Kier molecular flexibility index (Phi) is 7.70. The van der Waals surface area contributed by atoms with Crippen LogP contribution >= 0.6 is 15.9 Å². The van der Waals surface area contributed by atoms with Crippen molar-refractivity contribution in [2.75, 3.05) is 32.1 Å². The first-order chi connectivity index (χ1) is 9.13. The molecule has 1 rings (SSSR count). The van der Waals surface area contributed by atoms with Gasteiger partial charge in [0.05, 0.1) is 0 Å². The highest BCUT2D eigenvalue weighted by atomic mass is 79.9. The standard InChI is InChI=1S/C14H21BrN2O2/c1-11-10-12(15)4-5-13(11)17-14(18)6-8-16-7-3-9-19-2/h4-5,10,16H,3,6-9H2,1-2H3,(H,17,18). The van der Waals surface area contributed by atoms with Crippen molar-refractivity contribution in [2.24, 2.45) is 0 Å². The molecule has 0 heterocycles. The molecule has 0 aliphatic heterocycles. The summed E-state index contributed by atoms with van der Waals surface area (Å²) in [6, 6.07) is 5.81. The monoisotopic (exact) mass is 328 g/mol. The summed E-state index contributed by atoms with van der Waals surface area (Å²) in [5.74, 6) is 0.0321. The van der Waals surface area contributed by atoms with E-state index in [9.17, 15) is 4.79 Å². The maximum atomic E-state index is 11.8. The molecule has 2 N–H and O–H groups in total.